The van der Waals surface area contributed by atoms with Crippen molar-refractivity contribution in [3.05, 3.63) is 23.5 Å². The van der Waals surface area contributed by atoms with Crippen molar-refractivity contribution in [1.82, 2.24) is 4.98 Å². The molecule has 0 unspecified atom stereocenters. The number of nitrogens with zero attached hydrogens (tertiary/aromatic N) is 2. The van der Waals surface area contributed by atoms with Gasteiger partial charge in [0.1, 0.15) is 0 Å². The van der Waals surface area contributed by atoms with Crippen molar-refractivity contribution in [2.75, 3.05) is 4.90 Å². The Hall–Kier alpha value is -0.370. The lowest BCUT2D eigenvalue weighted by molar-refractivity contribution is 0.184. The summed E-state index contributed by atoms with van der Waals surface area (Å²) in [5.41, 5.74) is -0.305. The van der Waals surface area contributed by atoms with Crippen LogP contribution in [0.1, 0.15) is 11.3 Å². The number of imide groups is 1. The molecular weight excluding hydrogens is 437 g/mol. The molecule has 12 heteroatoms. The van der Waals surface area contributed by atoms with Gasteiger partial charge in [0.05, 0.1) is 11.4 Å². The molecule has 0 aromatic carbocycles. The van der Waals surface area contributed by atoms with Crippen LogP contribution in [-0.2, 0) is 12.8 Å². The number of carboxylic acid groups (broad SMARTS) is 2. The topological polar surface area (TPSA) is 90.7 Å². The summed E-state index contributed by atoms with van der Waals surface area (Å²) in [6, 6.07) is 1.32. The van der Waals surface area contributed by atoms with Crippen LogP contribution in [0.15, 0.2) is 12.3 Å². The Labute approximate surface area is 160 Å². The van der Waals surface area contributed by atoms with E-state index in [9.17, 15) is 9.59 Å². The number of alkyl halides is 6. The molecule has 0 bridgehead atoms. The molecule has 0 atom stereocenters. The zero-order valence-corrected chi connectivity index (χ0v) is 15.5. The van der Waals surface area contributed by atoms with Crippen LogP contribution in [0.25, 0.3) is 0 Å². The fraction of sp³-hybridized carbons (Fsp3) is 0.364. The van der Waals surface area contributed by atoms with Gasteiger partial charge in [0.25, 0.3) is 0 Å². The van der Waals surface area contributed by atoms with Crippen molar-refractivity contribution in [3.8, 4) is 0 Å². The van der Waals surface area contributed by atoms with E-state index in [0.717, 1.165) is 0 Å². The molecule has 0 aliphatic carbocycles. The first-order valence-electron chi connectivity index (χ1n) is 5.68. The lowest BCUT2D eigenvalue weighted by Crippen LogP contribution is -2.37. The number of carbonyl (C=O) groups is 2. The van der Waals surface area contributed by atoms with Crippen LogP contribution in [0, 0.1) is 0 Å². The van der Waals surface area contributed by atoms with E-state index in [1.807, 2.05) is 0 Å². The minimum absolute atomic E-state index is 0.0322. The van der Waals surface area contributed by atoms with Gasteiger partial charge >= 0.3 is 12.2 Å². The van der Waals surface area contributed by atoms with Gasteiger partial charge in [-0.05, 0) is 11.6 Å². The lowest BCUT2D eigenvalue weighted by Gasteiger charge is -2.23. The van der Waals surface area contributed by atoms with Crippen molar-refractivity contribution >= 4 is 87.5 Å². The monoisotopic (exact) mass is 442 g/mol. The second-order valence-corrected chi connectivity index (χ2v) is 9.28. The minimum atomic E-state index is -1.83. The lowest BCUT2D eigenvalue weighted by atomic mass is 10.1. The van der Waals surface area contributed by atoms with Gasteiger partial charge in [-0.3, -0.25) is 4.98 Å². The Kier molecular flexibility index (Phi) is 6.90. The fourth-order valence-electron chi connectivity index (χ4n) is 1.77. The summed E-state index contributed by atoms with van der Waals surface area (Å²) >= 11 is 34.2. The van der Waals surface area contributed by atoms with Gasteiger partial charge in [-0.2, -0.15) is 4.90 Å². The molecule has 128 valence electrons. The van der Waals surface area contributed by atoms with E-state index in [1.165, 1.54) is 12.3 Å². The molecule has 1 rings (SSSR count). The number of anilines is 1. The molecule has 0 fully saturated rings. The quantitative estimate of drug-likeness (QED) is 0.635. The smallest absolute Gasteiger partial charge is 0.421 e. The van der Waals surface area contributed by atoms with Crippen molar-refractivity contribution in [2.24, 2.45) is 0 Å². The van der Waals surface area contributed by atoms with Crippen molar-refractivity contribution in [1.29, 1.82) is 0 Å². The van der Waals surface area contributed by atoms with Gasteiger partial charge in [0, 0.05) is 19.0 Å². The number of pyridine rings is 1. The van der Waals surface area contributed by atoms with Gasteiger partial charge in [-0.1, -0.05) is 69.6 Å². The van der Waals surface area contributed by atoms with E-state index in [2.05, 4.69) is 4.98 Å². The molecule has 6 nitrogen and oxygen atoms in total. The normalized spacial score (nSPS) is 12.1. The Morgan fingerprint density at radius 3 is 1.87 bits per heavy atom. The molecule has 0 aliphatic rings. The fourth-order valence-corrected chi connectivity index (χ4v) is 2.58. The first kappa shape index (κ1) is 20.7. The Morgan fingerprint density at radius 1 is 1.00 bits per heavy atom. The van der Waals surface area contributed by atoms with Crippen LogP contribution in [0.5, 0.6) is 0 Å². The summed E-state index contributed by atoms with van der Waals surface area (Å²) in [7, 11) is 0. The Balaban J connectivity index is 3.56. The molecule has 23 heavy (non-hydrogen) atoms. The van der Waals surface area contributed by atoms with Crippen LogP contribution in [0.3, 0.4) is 0 Å². The zero-order chi connectivity index (χ0) is 18.0. The molecule has 2 N–H and O–H groups in total. The SMILES string of the molecule is O=C(O)N(C(=O)O)c1c(CC(Cl)(Cl)Cl)ccnc1CC(Cl)(Cl)Cl. The maximum Gasteiger partial charge on any atom is 0.421 e. The maximum absolute atomic E-state index is 11.3. The van der Waals surface area contributed by atoms with Gasteiger partial charge in [-0.15, -0.1) is 0 Å². The zero-order valence-electron chi connectivity index (χ0n) is 10.9. The largest absolute Gasteiger partial charge is 0.464 e. The van der Waals surface area contributed by atoms with E-state index in [1.54, 1.807) is 0 Å². The third-order valence-electron chi connectivity index (χ3n) is 2.45. The summed E-state index contributed by atoms with van der Waals surface area (Å²) in [6.45, 7) is 0. The summed E-state index contributed by atoms with van der Waals surface area (Å²) < 4.78 is -3.63. The van der Waals surface area contributed by atoms with Crippen molar-refractivity contribution in [2.45, 2.75) is 20.4 Å². The summed E-state index contributed by atoms with van der Waals surface area (Å²) in [5.74, 6) is 0. The first-order valence-corrected chi connectivity index (χ1v) is 7.95. The molecule has 0 saturated heterocycles. The van der Waals surface area contributed by atoms with Crippen molar-refractivity contribution in [3.63, 3.8) is 0 Å². The standard InChI is InChI=1S/C11H8Cl6N2O4/c12-10(13,14)3-5-1-2-18-6(4-11(15,16)17)7(5)19(8(20)21)9(22)23/h1-2H,3-4H2,(H,20,21)(H,22,23). The first-order chi connectivity index (χ1) is 10.3. The highest BCUT2D eigenvalue weighted by Crippen LogP contribution is 2.38. The maximum atomic E-state index is 11.3. The number of amides is 2. The van der Waals surface area contributed by atoms with Crippen LogP contribution >= 0.6 is 69.6 Å². The highest BCUT2D eigenvalue weighted by molar-refractivity contribution is 6.68. The summed E-state index contributed by atoms with van der Waals surface area (Å²) in [5, 5.41) is 18.3. The molecule has 2 amide bonds. The number of halogens is 6. The van der Waals surface area contributed by atoms with Gasteiger partial charge in [-0.25, -0.2) is 9.59 Å². The predicted molar refractivity (Wildman–Crippen MR) is 90.8 cm³/mol. The third-order valence-corrected chi connectivity index (χ3v) is 3.25. The average Bonchev–Trinajstić information content (AvgIpc) is 2.28. The molecule has 1 aromatic heterocycles. The predicted octanol–water partition coefficient (Wildman–Crippen LogP) is 5.07. The third kappa shape index (κ3) is 6.57. The van der Waals surface area contributed by atoms with E-state index >= 15 is 0 Å². The van der Waals surface area contributed by atoms with Crippen LogP contribution < -0.4 is 4.90 Å². The number of hydrogen-bond acceptors (Lipinski definition) is 3. The van der Waals surface area contributed by atoms with Gasteiger partial charge in [0.15, 0.2) is 7.59 Å². The molecule has 0 radical (unpaired) electrons. The average molecular weight is 445 g/mol. The summed E-state index contributed by atoms with van der Waals surface area (Å²) in [4.78, 5) is 26.5. The Morgan fingerprint density at radius 2 is 1.48 bits per heavy atom. The second-order valence-electron chi connectivity index (χ2n) is 4.25. The molecule has 1 aromatic rings. The van der Waals surface area contributed by atoms with Crippen LogP contribution in [-0.4, -0.2) is 35.0 Å². The van der Waals surface area contributed by atoms with E-state index in [0.29, 0.717) is 0 Å². The van der Waals surface area contributed by atoms with Crippen LogP contribution in [0.4, 0.5) is 15.3 Å². The van der Waals surface area contributed by atoms with E-state index in [4.69, 9.17) is 79.8 Å². The number of rotatable bonds is 3. The van der Waals surface area contributed by atoms with E-state index < -0.39 is 19.8 Å². The molecular formula is C11H8Cl6N2O4. The van der Waals surface area contributed by atoms with E-state index in [-0.39, 0.29) is 34.7 Å². The van der Waals surface area contributed by atoms with Gasteiger partial charge < -0.3 is 10.2 Å². The van der Waals surface area contributed by atoms with Crippen molar-refractivity contribution < 1.29 is 19.8 Å². The summed E-state index contributed by atoms with van der Waals surface area (Å²) in [6.07, 6.45) is -2.91. The second kappa shape index (κ2) is 7.68. The highest BCUT2D eigenvalue weighted by atomic mass is 35.6. The molecule has 0 aliphatic heterocycles. The number of aromatic nitrogens is 1. The van der Waals surface area contributed by atoms with Gasteiger partial charge in [0.2, 0.25) is 0 Å². The number of hydrogen-bond donors (Lipinski definition) is 2. The molecule has 0 saturated carbocycles. The van der Waals surface area contributed by atoms with Crippen LogP contribution in [0.2, 0.25) is 0 Å². The molecule has 1 heterocycles. The Bertz CT molecular complexity index is 565. The molecule has 0 spiro atoms. The highest BCUT2D eigenvalue weighted by Gasteiger charge is 2.34. The minimum Gasteiger partial charge on any atom is -0.464 e.